The number of para-hydroxylation sites is 1. The average molecular weight is 472 g/mol. The van der Waals surface area contributed by atoms with Gasteiger partial charge in [0.05, 0.1) is 11.9 Å². The molecule has 3 aromatic rings. The summed E-state index contributed by atoms with van der Waals surface area (Å²) in [6.07, 6.45) is 1.51. The maximum Gasteiger partial charge on any atom is 0.303 e. The first-order valence-electron chi connectivity index (χ1n) is 10.6. The van der Waals surface area contributed by atoms with E-state index in [0.717, 1.165) is 23.5 Å². The molecule has 0 fully saturated rings. The summed E-state index contributed by atoms with van der Waals surface area (Å²) in [7, 11) is 0. The third-order valence-electron chi connectivity index (χ3n) is 5.40. The van der Waals surface area contributed by atoms with Crippen LogP contribution in [-0.2, 0) is 4.79 Å². The number of aliphatic carboxylic acids is 1. The third-order valence-corrected chi connectivity index (χ3v) is 5.97. The Morgan fingerprint density at radius 1 is 1.12 bits per heavy atom. The highest BCUT2D eigenvalue weighted by molar-refractivity contribution is 7.72. The molecule has 3 rings (SSSR count). The molecule has 9 heteroatoms. The molecule has 0 bridgehead atoms. The summed E-state index contributed by atoms with van der Waals surface area (Å²) in [4.78, 5) is 13.4. The maximum absolute atomic E-state index is 11.1. The average Bonchev–Trinajstić information content (AvgIpc) is 3.09. The maximum atomic E-state index is 11.1. The number of hydrogen-bond acceptors (Lipinski definition) is 5. The number of anilines is 2. The molecular weight excluding hydrogens is 442 g/mol. The number of aromatic amines is 2. The SMILES string of the molecule is CCC(Nc1cccc(-n2c(=S)[nH][nH]c2=S)c1)N(CCCC(=O)O)c1c(C)cccc1C. The van der Waals surface area contributed by atoms with Crippen molar-refractivity contribution in [2.75, 3.05) is 16.8 Å². The van der Waals surface area contributed by atoms with Crippen LogP contribution in [0.3, 0.4) is 0 Å². The lowest BCUT2D eigenvalue weighted by Crippen LogP contribution is -2.42. The minimum absolute atomic E-state index is 0.0208. The second-order valence-electron chi connectivity index (χ2n) is 7.75. The predicted molar refractivity (Wildman–Crippen MR) is 134 cm³/mol. The van der Waals surface area contributed by atoms with E-state index in [9.17, 15) is 4.79 Å². The molecule has 0 aliphatic carbocycles. The van der Waals surface area contributed by atoms with Crippen LogP contribution < -0.4 is 10.2 Å². The predicted octanol–water partition coefficient (Wildman–Crippen LogP) is 5.73. The van der Waals surface area contributed by atoms with Gasteiger partial charge < -0.3 is 15.3 Å². The highest BCUT2D eigenvalue weighted by Crippen LogP contribution is 2.29. The molecule has 32 heavy (non-hydrogen) atoms. The molecule has 1 unspecified atom stereocenters. The number of benzene rings is 2. The molecule has 1 heterocycles. The Bertz CT molecular complexity index is 1150. The summed E-state index contributed by atoms with van der Waals surface area (Å²) >= 11 is 10.7. The van der Waals surface area contributed by atoms with Gasteiger partial charge in [0.1, 0.15) is 0 Å². The molecule has 0 saturated carbocycles. The number of nitrogens with zero attached hydrogens (tertiary/aromatic N) is 2. The molecule has 7 nitrogen and oxygen atoms in total. The standard InChI is InChI=1S/C23H29N5O2S2/c1-4-19(24-17-10-6-11-18(14-17)28-22(31)25-26-23(28)32)27(13-7-12-20(29)30)21-15(2)8-5-9-16(21)3/h5-6,8-11,14,19,24H,4,7,12-13H2,1-3H3,(H,25,31)(H,26,32)(H,29,30). The van der Waals surface area contributed by atoms with Gasteiger partial charge in [0, 0.05) is 24.3 Å². The Hall–Kier alpha value is -2.91. The fourth-order valence-electron chi connectivity index (χ4n) is 3.96. The van der Waals surface area contributed by atoms with Gasteiger partial charge in [0.15, 0.2) is 9.54 Å². The lowest BCUT2D eigenvalue weighted by molar-refractivity contribution is -0.137. The van der Waals surface area contributed by atoms with Gasteiger partial charge in [-0.2, -0.15) is 0 Å². The Balaban J connectivity index is 1.94. The number of aryl methyl sites for hydroxylation is 2. The summed E-state index contributed by atoms with van der Waals surface area (Å²) in [5.74, 6) is -0.778. The number of aromatic nitrogens is 3. The minimum Gasteiger partial charge on any atom is -0.481 e. The highest BCUT2D eigenvalue weighted by atomic mass is 32.1. The van der Waals surface area contributed by atoms with Crippen LogP contribution in [0.4, 0.5) is 11.4 Å². The van der Waals surface area contributed by atoms with E-state index in [1.807, 2.05) is 30.3 Å². The molecule has 2 aromatic carbocycles. The van der Waals surface area contributed by atoms with E-state index in [0.29, 0.717) is 22.5 Å². The fourth-order valence-corrected chi connectivity index (χ4v) is 4.51. The van der Waals surface area contributed by atoms with Gasteiger partial charge in [-0.1, -0.05) is 31.2 Å². The second-order valence-corrected chi connectivity index (χ2v) is 8.52. The lowest BCUT2D eigenvalue weighted by Gasteiger charge is -2.36. The summed E-state index contributed by atoms with van der Waals surface area (Å²) in [5.41, 5.74) is 5.27. The van der Waals surface area contributed by atoms with Crippen molar-refractivity contribution in [3.05, 3.63) is 63.1 Å². The van der Waals surface area contributed by atoms with Gasteiger partial charge in [-0.3, -0.25) is 19.6 Å². The molecule has 0 aliphatic heterocycles. The molecular formula is C23H29N5O2S2. The zero-order valence-corrected chi connectivity index (χ0v) is 20.1. The van der Waals surface area contributed by atoms with E-state index >= 15 is 0 Å². The van der Waals surface area contributed by atoms with Crippen LogP contribution in [0.15, 0.2) is 42.5 Å². The van der Waals surface area contributed by atoms with Gasteiger partial charge in [0.25, 0.3) is 0 Å². The molecule has 0 radical (unpaired) electrons. The molecule has 0 amide bonds. The molecule has 1 aromatic heterocycles. The Labute approximate surface area is 198 Å². The number of carboxylic acids is 1. The van der Waals surface area contributed by atoms with Crippen molar-refractivity contribution in [2.45, 2.75) is 46.2 Å². The first kappa shape index (κ1) is 23.7. The summed E-state index contributed by atoms with van der Waals surface area (Å²) in [5, 5.41) is 18.5. The third kappa shape index (κ3) is 5.46. The Kier molecular flexibility index (Phi) is 7.87. The van der Waals surface area contributed by atoms with Crippen LogP contribution >= 0.6 is 24.4 Å². The van der Waals surface area contributed by atoms with Crippen LogP contribution in [0.5, 0.6) is 0 Å². The van der Waals surface area contributed by atoms with Crippen molar-refractivity contribution in [1.29, 1.82) is 0 Å². The highest BCUT2D eigenvalue weighted by Gasteiger charge is 2.21. The van der Waals surface area contributed by atoms with Crippen molar-refractivity contribution < 1.29 is 9.90 Å². The van der Waals surface area contributed by atoms with Gasteiger partial charge in [0.2, 0.25) is 0 Å². The van der Waals surface area contributed by atoms with E-state index in [-0.39, 0.29) is 12.6 Å². The fraction of sp³-hybridized carbons (Fsp3) is 0.348. The molecule has 0 aliphatic rings. The normalized spacial score (nSPS) is 11.8. The van der Waals surface area contributed by atoms with Crippen LogP contribution in [0.2, 0.25) is 0 Å². The van der Waals surface area contributed by atoms with Gasteiger partial charge in [-0.05, 0) is 80.5 Å². The topological polar surface area (TPSA) is 89.1 Å². The molecule has 0 saturated heterocycles. The zero-order chi connectivity index (χ0) is 23.3. The number of carboxylic acid groups (broad SMARTS) is 1. The van der Waals surface area contributed by atoms with E-state index in [2.05, 4.69) is 53.3 Å². The number of H-pyrrole nitrogens is 2. The lowest BCUT2D eigenvalue weighted by atomic mass is 10.1. The van der Waals surface area contributed by atoms with Crippen LogP contribution in [0.25, 0.3) is 5.69 Å². The number of hydrogen-bond donors (Lipinski definition) is 4. The second kappa shape index (κ2) is 10.6. The van der Waals surface area contributed by atoms with Crippen molar-refractivity contribution in [1.82, 2.24) is 14.8 Å². The van der Waals surface area contributed by atoms with Crippen molar-refractivity contribution in [2.24, 2.45) is 0 Å². The number of carbonyl (C=O) groups is 1. The molecule has 1 atom stereocenters. The molecule has 4 N–H and O–H groups in total. The van der Waals surface area contributed by atoms with Gasteiger partial charge >= 0.3 is 5.97 Å². The van der Waals surface area contributed by atoms with E-state index < -0.39 is 5.97 Å². The van der Waals surface area contributed by atoms with Gasteiger partial charge in [-0.25, -0.2) is 0 Å². The Morgan fingerprint density at radius 3 is 2.34 bits per heavy atom. The molecule has 0 spiro atoms. The Morgan fingerprint density at radius 2 is 1.75 bits per heavy atom. The summed E-state index contributed by atoms with van der Waals surface area (Å²) < 4.78 is 2.78. The van der Waals surface area contributed by atoms with E-state index in [1.165, 1.54) is 11.1 Å². The van der Waals surface area contributed by atoms with Gasteiger partial charge in [-0.15, -0.1) is 0 Å². The molecule has 170 valence electrons. The summed E-state index contributed by atoms with van der Waals surface area (Å²) in [6.45, 7) is 6.94. The van der Waals surface area contributed by atoms with Crippen molar-refractivity contribution >= 4 is 41.8 Å². The summed E-state index contributed by atoms with van der Waals surface area (Å²) in [6, 6.07) is 14.2. The van der Waals surface area contributed by atoms with Crippen LogP contribution in [0.1, 0.15) is 37.3 Å². The number of nitrogens with one attached hydrogen (secondary N) is 3. The largest absolute Gasteiger partial charge is 0.481 e. The van der Waals surface area contributed by atoms with Crippen LogP contribution in [0, 0.1) is 23.4 Å². The quantitative estimate of drug-likeness (QED) is 0.223. The van der Waals surface area contributed by atoms with E-state index in [1.54, 1.807) is 4.57 Å². The van der Waals surface area contributed by atoms with Crippen molar-refractivity contribution in [3.63, 3.8) is 0 Å². The number of rotatable bonds is 10. The van der Waals surface area contributed by atoms with Crippen LogP contribution in [-0.4, -0.2) is 38.6 Å². The minimum atomic E-state index is -0.778. The zero-order valence-electron chi connectivity index (χ0n) is 18.5. The first-order valence-corrected chi connectivity index (χ1v) is 11.4. The van der Waals surface area contributed by atoms with Crippen molar-refractivity contribution in [3.8, 4) is 5.69 Å². The van der Waals surface area contributed by atoms with E-state index in [4.69, 9.17) is 29.5 Å². The monoisotopic (exact) mass is 471 g/mol. The first-order chi connectivity index (χ1) is 15.3. The smallest absolute Gasteiger partial charge is 0.303 e.